The highest BCUT2D eigenvalue weighted by molar-refractivity contribution is 6.30. The van der Waals surface area contributed by atoms with E-state index in [2.05, 4.69) is 0 Å². The van der Waals surface area contributed by atoms with Crippen molar-refractivity contribution in [1.29, 1.82) is 0 Å². The molecule has 33 heavy (non-hydrogen) atoms. The van der Waals surface area contributed by atoms with Gasteiger partial charge in [0.15, 0.2) is 5.78 Å². The van der Waals surface area contributed by atoms with Gasteiger partial charge in [0.05, 0.1) is 23.9 Å². The number of benzene rings is 2. The third kappa shape index (κ3) is 5.25. The zero-order valence-electron chi connectivity index (χ0n) is 19.2. The number of carboxylic acid groups (broad SMARTS) is 1. The lowest BCUT2D eigenvalue weighted by Gasteiger charge is -2.52. The molecule has 1 aliphatic rings. The molecule has 2 aromatic carbocycles. The Balaban J connectivity index is 2.29. The number of carboxylic acids is 1. The van der Waals surface area contributed by atoms with Crippen LogP contribution in [0.25, 0.3) is 0 Å². The van der Waals surface area contributed by atoms with E-state index in [1.165, 1.54) is 6.92 Å². The first kappa shape index (κ1) is 25.3. The number of piperidine rings is 1. The van der Waals surface area contributed by atoms with Gasteiger partial charge in [0.1, 0.15) is 0 Å². The number of hydrogen-bond acceptors (Lipinski definition) is 3. The molecule has 7 heteroatoms. The van der Waals surface area contributed by atoms with Gasteiger partial charge in [-0.2, -0.15) is 0 Å². The number of hydrogen-bond donors (Lipinski definition) is 1. The second-order valence-corrected chi connectivity index (χ2v) is 10.4. The minimum atomic E-state index is -1.18. The van der Waals surface area contributed by atoms with Gasteiger partial charge in [-0.15, -0.1) is 0 Å². The van der Waals surface area contributed by atoms with Crippen LogP contribution in [0.3, 0.4) is 0 Å². The first-order valence-electron chi connectivity index (χ1n) is 11.0. The molecule has 1 aliphatic heterocycles. The fourth-order valence-electron chi connectivity index (χ4n) is 5.17. The second kappa shape index (κ2) is 9.86. The molecule has 0 bridgehead atoms. The van der Waals surface area contributed by atoms with Crippen molar-refractivity contribution in [1.82, 2.24) is 4.90 Å². The average Bonchev–Trinajstić information content (AvgIpc) is 2.71. The summed E-state index contributed by atoms with van der Waals surface area (Å²) in [4.78, 5) is 40.2. The van der Waals surface area contributed by atoms with Crippen LogP contribution in [-0.4, -0.2) is 33.7 Å². The van der Waals surface area contributed by atoms with Crippen LogP contribution in [0.15, 0.2) is 48.5 Å². The Hall–Kier alpha value is -2.37. The summed E-state index contributed by atoms with van der Waals surface area (Å²) in [5.41, 5.74) is 0.550. The zero-order chi connectivity index (χ0) is 24.5. The molecule has 1 amide bonds. The highest BCUT2D eigenvalue weighted by atomic mass is 35.5. The van der Waals surface area contributed by atoms with Crippen molar-refractivity contribution in [2.75, 3.05) is 0 Å². The number of carbonyl (C=O) groups is 3. The maximum absolute atomic E-state index is 14.0. The Morgan fingerprint density at radius 2 is 1.73 bits per heavy atom. The summed E-state index contributed by atoms with van der Waals surface area (Å²) in [6.07, 6.45) is -0.0134. The van der Waals surface area contributed by atoms with Gasteiger partial charge in [-0.1, -0.05) is 68.2 Å². The van der Waals surface area contributed by atoms with Crippen LogP contribution in [0, 0.1) is 11.3 Å². The van der Waals surface area contributed by atoms with Crippen molar-refractivity contribution in [3.63, 3.8) is 0 Å². The number of Topliss-reactive ketones (excluding diaryl/α,β-unsaturated/α-hetero) is 1. The van der Waals surface area contributed by atoms with E-state index in [9.17, 15) is 19.5 Å². The van der Waals surface area contributed by atoms with Gasteiger partial charge in [-0.05, 0) is 54.7 Å². The monoisotopic (exact) mass is 489 g/mol. The van der Waals surface area contributed by atoms with Crippen molar-refractivity contribution in [3.05, 3.63) is 69.7 Å². The maximum Gasteiger partial charge on any atom is 0.304 e. The van der Waals surface area contributed by atoms with E-state index in [1.54, 1.807) is 30.0 Å². The number of likely N-dealkylation sites (tertiary alicyclic amines) is 1. The molecule has 176 valence electrons. The third-order valence-electron chi connectivity index (χ3n) is 6.48. The van der Waals surface area contributed by atoms with Gasteiger partial charge < -0.3 is 10.0 Å². The number of nitrogens with zero attached hydrogens (tertiary/aromatic N) is 1. The average molecular weight is 490 g/mol. The van der Waals surface area contributed by atoms with Crippen LogP contribution in [0.5, 0.6) is 0 Å². The van der Waals surface area contributed by atoms with Gasteiger partial charge >= 0.3 is 5.97 Å². The van der Waals surface area contributed by atoms with E-state index in [1.807, 2.05) is 44.2 Å². The van der Waals surface area contributed by atoms with Crippen LogP contribution >= 0.6 is 23.2 Å². The van der Waals surface area contributed by atoms with E-state index < -0.39 is 23.5 Å². The summed E-state index contributed by atoms with van der Waals surface area (Å²) in [6.45, 7) is 6.96. The largest absolute Gasteiger partial charge is 0.481 e. The lowest BCUT2D eigenvalue weighted by atomic mass is 9.66. The van der Waals surface area contributed by atoms with Crippen LogP contribution in [-0.2, 0) is 14.4 Å². The van der Waals surface area contributed by atoms with Crippen LogP contribution in [0.1, 0.15) is 63.6 Å². The minimum Gasteiger partial charge on any atom is -0.481 e. The molecule has 3 rings (SSSR count). The zero-order valence-corrected chi connectivity index (χ0v) is 20.7. The summed E-state index contributed by atoms with van der Waals surface area (Å²) in [5, 5.41) is 10.8. The second-order valence-electron chi connectivity index (χ2n) is 9.51. The molecule has 0 aliphatic carbocycles. The van der Waals surface area contributed by atoms with Gasteiger partial charge in [0.2, 0.25) is 5.91 Å². The molecule has 0 radical (unpaired) electrons. The Morgan fingerprint density at radius 3 is 2.24 bits per heavy atom. The number of ketones is 1. The van der Waals surface area contributed by atoms with E-state index in [4.69, 9.17) is 23.2 Å². The van der Waals surface area contributed by atoms with Crippen molar-refractivity contribution >= 4 is 40.9 Å². The highest BCUT2D eigenvalue weighted by Gasteiger charge is 2.53. The maximum atomic E-state index is 14.0. The van der Waals surface area contributed by atoms with E-state index >= 15 is 0 Å². The number of carbonyl (C=O) groups excluding carboxylic acids is 2. The van der Waals surface area contributed by atoms with Gasteiger partial charge in [-0.3, -0.25) is 14.4 Å². The molecular formula is C26H29Cl2NO4. The number of amides is 1. The predicted molar refractivity (Wildman–Crippen MR) is 130 cm³/mol. The molecule has 0 spiro atoms. The van der Waals surface area contributed by atoms with Crippen molar-refractivity contribution in [3.8, 4) is 0 Å². The van der Waals surface area contributed by atoms with Crippen LogP contribution < -0.4 is 0 Å². The van der Waals surface area contributed by atoms with Crippen LogP contribution in [0.4, 0.5) is 0 Å². The van der Waals surface area contributed by atoms with Crippen molar-refractivity contribution in [2.24, 2.45) is 11.3 Å². The smallest absolute Gasteiger partial charge is 0.304 e. The normalized spacial score (nSPS) is 24.1. The SMILES string of the molecule is CC(=O)C(C(C)C)N1C(=O)C(C)(CC(=O)O)CC(c2cccc(Cl)c2)C1c1ccc(Cl)cc1. The van der Waals surface area contributed by atoms with E-state index in [-0.39, 0.29) is 29.9 Å². The van der Waals surface area contributed by atoms with Crippen molar-refractivity contribution in [2.45, 2.75) is 58.5 Å². The fourth-order valence-corrected chi connectivity index (χ4v) is 5.50. The molecule has 0 saturated carbocycles. The first-order valence-corrected chi connectivity index (χ1v) is 11.8. The van der Waals surface area contributed by atoms with E-state index in [0.29, 0.717) is 16.5 Å². The number of halogens is 2. The summed E-state index contributed by atoms with van der Waals surface area (Å²) in [7, 11) is 0. The third-order valence-corrected chi connectivity index (χ3v) is 6.97. The van der Waals surface area contributed by atoms with Gasteiger partial charge in [-0.25, -0.2) is 0 Å². The highest BCUT2D eigenvalue weighted by Crippen LogP contribution is 2.52. The number of rotatable bonds is 7. The lowest BCUT2D eigenvalue weighted by Crippen LogP contribution is -2.59. The lowest BCUT2D eigenvalue weighted by molar-refractivity contribution is -0.163. The molecular weight excluding hydrogens is 461 g/mol. The fraction of sp³-hybridized carbons (Fsp3) is 0.423. The molecule has 2 aromatic rings. The van der Waals surface area contributed by atoms with Crippen molar-refractivity contribution < 1.29 is 19.5 Å². The molecule has 4 atom stereocenters. The first-order chi connectivity index (χ1) is 15.4. The molecule has 1 saturated heterocycles. The van der Waals surface area contributed by atoms with Gasteiger partial charge in [0, 0.05) is 16.0 Å². The quantitative estimate of drug-likeness (QED) is 0.506. The topological polar surface area (TPSA) is 74.7 Å². The van der Waals surface area contributed by atoms with Gasteiger partial charge in [0.25, 0.3) is 0 Å². The summed E-state index contributed by atoms with van der Waals surface area (Å²) >= 11 is 12.5. The Kier molecular flexibility index (Phi) is 7.55. The molecule has 1 N–H and O–H groups in total. The van der Waals surface area contributed by atoms with Crippen LogP contribution in [0.2, 0.25) is 10.0 Å². The molecule has 1 heterocycles. The summed E-state index contributed by atoms with van der Waals surface area (Å²) in [6, 6.07) is 13.5. The summed E-state index contributed by atoms with van der Waals surface area (Å²) < 4.78 is 0. The number of aliphatic carboxylic acids is 1. The Bertz CT molecular complexity index is 1050. The Morgan fingerprint density at radius 1 is 1.09 bits per heavy atom. The Labute approximate surface area is 204 Å². The minimum absolute atomic E-state index is 0.137. The standard InChI is InChI=1S/C26H29Cl2NO4/c1-15(2)23(16(3)30)29-24(17-8-10-19(27)11-9-17)21(18-6-5-7-20(28)12-18)13-26(4,25(29)33)14-22(31)32/h5-12,15,21,23-24H,13-14H2,1-4H3,(H,31,32). The molecule has 1 fully saturated rings. The predicted octanol–water partition coefficient (Wildman–Crippen LogP) is 6.15. The summed E-state index contributed by atoms with van der Waals surface area (Å²) in [5.74, 6) is -1.94. The molecule has 0 aromatic heterocycles. The molecule has 5 nitrogen and oxygen atoms in total. The van der Waals surface area contributed by atoms with E-state index in [0.717, 1.165) is 11.1 Å². The molecule has 4 unspecified atom stereocenters.